The number of benzene rings is 3. The highest BCUT2D eigenvalue weighted by Crippen LogP contribution is 2.30. The number of amides is 3. The van der Waals surface area contributed by atoms with Gasteiger partial charge in [0.05, 0.1) is 17.8 Å². The number of carbonyl (C=O) groups is 3. The van der Waals surface area contributed by atoms with Gasteiger partial charge in [-0.1, -0.05) is 151 Å². The Morgan fingerprint density at radius 3 is 1.83 bits per heavy atom. The van der Waals surface area contributed by atoms with Gasteiger partial charge in [0.1, 0.15) is 6.04 Å². The van der Waals surface area contributed by atoms with Crippen LogP contribution in [0.4, 0.5) is 0 Å². The Hall–Kier alpha value is -4.54. The van der Waals surface area contributed by atoms with Crippen molar-refractivity contribution in [3.05, 3.63) is 118 Å². The molecule has 0 aromatic heterocycles. The number of hydrogen-bond acceptors (Lipinski definition) is 6. The third-order valence-corrected chi connectivity index (χ3v) is 10.8. The van der Waals surface area contributed by atoms with Gasteiger partial charge < -0.3 is 15.5 Å². The molecule has 3 unspecified atom stereocenters. The van der Waals surface area contributed by atoms with Crippen molar-refractivity contribution in [3.8, 4) is 0 Å². The summed E-state index contributed by atoms with van der Waals surface area (Å²) in [5, 5.41) is 6.25. The number of nitrogens with one attached hydrogen (secondary N) is 3. The van der Waals surface area contributed by atoms with Crippen LogP contribution in [-0.2, 0) is 35.6 Å². The van der Waals surface area contributed by atoms with Crippen molar-refractivity contribution >= 4 is 39.9 Å². The summed E-state index contributed by atoms with van der Waals surface area (Å²) in [6.45, 7) is 17.1. The first-order chi connectivity index (χ1) is 24.7. The molecule has 0 aliphatic heterocycles. The lowest BCUT2D eigenvalue weighted by Crippen LogP contribution is -2.61. The number of hydrogen-bond donors (Lipinski definition) is 3. The number of nitrogens with zero attached hydrogens (tertiary/aromatic N) is 1. The summed E-state index contributed by atoms with van der Waals surface area (Å²) in [7, 11) is -0.582. The molecular weight excluding hydrogens is 685 g/mol. The van der Waals surface area contributed by atoms with E-state index < -0.39 is 44.9 Å². The summed E-state index contributed by atoms with van der Waals surface area (Å²) in [6, 6.07) is 22.9. The number of sulfonamides is 1. The number of aryl methyl sites for hydroxylation is 1. The van der Waals surface area contributed by atoms with Crippen molar-refractivity contribution in [3.63, 3.8) is 0 Å². The van der Waals surface area contributed by atoms with Gasteiger partial charge in [-0.05, 0) is 54.5 Å². The first-order valence-corrected chi connectivity index (χ1v) is 19.7. The van der Waals surface area contributed by atoms with Crippen molar-refractivity contribution in [1.29, 1.82) is 0 Å². The summed E-state index contributed by atoms with van der Waals surface area (Å²) >= 11 is 0. The van der Waals surface area contributed by atoms with E-state index in [-0.39, 0.29) is 29.1 Å². The molecule has 3 rings (SSSR count). The van der Waals surface area contributed by atoms with E-state index in [4.69, 9.17) is 0 Å². The molecule has 0 saturated heterocycles. The number of rotatable bonds is 15. The van der Waals surface area contributed by atoms with Crippen LogP contribution >= 0.6 is 0 Å². The van der Waals surface area contributed by atoms with Gasteiger partial charge in [0.25, 0.3) is 5.91 Å². The first kappa shape index (κ1) is 42.9. The molecule has 0 fully saturated rings. The zero-order chi connectivity index (χ0) is 39.7. The van der Waals surface area contributed by atoms with Gasteiger partial charge in [0, 0.05) is 18.0 Å². The normalized spacial score (nSPS) is 14.5. The van der Waals surface area contributed by atoms with Crippen LogP contribution in [-0.4, -0.2) is 63.3 Å². The standard InChI is InChI=1S/C43H58N4O5S/c1-29(2)36(27-31(4)39(48)46-53(51,52)28-34-15-13-12-14-16-34)47(11)41(50)38(42(5,6)7)45-40(49)37(44-10)43(8,9)35-25-23-33(24-26-35)22-21-32-19-17-30(3)18-20-32/h12-27,29,36-38,44H,28H2,1-11H3,(H,45,49)(H,46,48)/b22-21?,31-27+. The smallest absolute Gasteiger partial charge is 0.260 e. The van der Waals surface area contributed by atoms with Crippen LogP contribution in [0.25, 0.3) is 12.2 Å². The van der Waals surface area contributed by atoms with Gasteiger partial charge in [-0.15, -0.1) is 0 Å². The van der Waals surface area contributed by atoms with Gasteiger partial charge in [-0.2, -0.15) is 0 Å². The molecule has 53 heavy (non-hydrogen) atoms. The molecule has 3 N–H and O–H groups in total. The average Bonchev–Trinajstić information content (AvgIpc) is 3.08. The van der Waals surface area contributed by atoms with Crippen molar-refractivity contribution in [1.82, 2.24) is 20.3 Å². The summed E-state index contributed by atoms with van der Waals surface area (Å²) in [4.78, 5) is 42.9. The Kier molecular flexibility index (Phi) is 14.6. The molecule has 0 bridgehead atoms. The van der Waals surface area contributed by atoms with E-state index in [1.54, 1.807) is 50.5 Å². The molecule has 286 valence electrons. The van der Waals surface area contributed by atoms with Crippen molar-refractivity contribution in [2.45, 2.75) is 91.6 Å². The summed E-state index contributed by atoms with van der Waals surface area (Å²) < 4.78 is 27.6. The molecule has 3 atom stereocenters. The molecule has 9 nitrogen and oxygen atoms in total. The second-order valence-corrected chi connectivity index (χ2v) is 17.5. The van der Waals surface area contributed by atoms with E-state index in [9.17, 15) is 22.8 Å². The molecule has 10 heteroatoms. The Balaban J connectivity index is 1.78. The van der Waals surface area contributed by atoms with E-state index in [1.165, 1.54) is 17.4 Å². The van der Waals surface area contributed by atoms with Crippen LogP contribution in [0.3, 0.4) is 0 Å². The van der Waals surface area contributed by atoms with Crippen LogP contribution in [0.15, 0.2) is 90.5 Å². The lowest BCUT2D eigenvalue weighted by atomic mass is 9.76. The lowest BCUT2D eigenvalue weighted by molar-refractivity contribution is -0.140. The SMILES string of the molecule is CNC(C(=O)NC(C(=O)N(C)C(/C=C(\C)C(=O)NS(=O)(=O)Cc1ccccc1)C(C)C)C(C)(C)C)C(C)(C)c1ccc(C=Cc2ccc(C)cc2)cc1. The first-order valence-electron chi connectivity index (χ1n) is 18.0. The number of likely N-dealkylation sites (N-methyl/N-ethyl adjacent to an activating group) is 2. The fourth-order valence-corrected chi connectivity index (χ4v) is 7.39. The highest BCUT2D eigenvalue weighted by atomic mass is 32.2. The van der Waals surface area contributed by atoms with Gasteiger partial charge in [-0.3, -0.25) is 14.4 Å². The highest BCUT2D eigenvalue weighted by molar-refractivity contribution is 7.89. The topological polar surface area (TPSA) is 125 Å². The van der Waals surface area contributed by atoms with Gasteiger partial charge in [-0.25, -0.2) is 13.1 Å². The zero-order valence-electron chi connectivity index (χ0n) is 33.2. The summed E-state index contributed by atoms with van der Waals surface area (Å²) in [5.74, 6) is -1.89. The van der Waals surface area contributed by atoms with Crippen molar-refractivity contribution < 1.29 is 22.8 Å². The van der Waals surface area contributed by atoms with Gasteiger partial charge in [0.2, 0.25) is 21.8 Å². The Morgan fingerprint density at radius 2 is 1.34 bits per heavy atom. The van der Waals surface area contributed by atoms with E-state index in [2.05, 4.69) is 58.7 Å². The Labute approximate surface area is 317 Å². The van der Waals surface area contributed by atoms with Gasteiger partial charge >= 0.3 is 0 Å². The fourth-order valence-electron chi connectivity index (χ4n) is 6.24. The Bertz CT molecular complexity index is 1880. The molecular formula is C43H58N4O5S. The molecule has 0 spiro atoms. The predicted octanol–water partition coefficient (Wildman–Crippen LogP) is 6.64. The summed E-state index contributed by atoms with van der Waals surface area (Å²) in [5.41, 5.74) is 3.71. The van der Waals surface area contributed by atoms with Crippen LogP contribution in [0.2, 0.25) is 0 Å². The lowest BCUT2D eigenvalue weighted by Gasteiger charge is -2.40. The van der Waals surface area contributed by atoms with Crippen molar-refractivity contribution in [2.75, 3.05) is 14.1 Å². The molecule has 0 radical (unpaired) electrons. The maximum atomic E-state index is 14.3. The second kappa shape index (κ2) is 18.0. The van der Waals surface area contributed by atoms with E-state index in [1.807, 2.05) is 72.7 Å². The molecule has 0 saturated carbocycles. The second-order valence-electron chi connectivity index (χ2n) is 15.8. The van der Waals surface area contributed by atoms with Crippen molar-refractivity contribution in [2.24, 2.45) is 11.3 Å². The minimum atomic E-state index is -3.95. The van der Waals surface area contributed by atoms with Crippen LogP contribution in [0.5, 0.6) is 0 Å². The van der Waals surface area contributed by atoms with E-state index in [0.29, 0.717) is 5.56 Å². The molecule has 0 aliphatic rings. The van der Waals surface area contributed by atoms with E-state index in [0.717, 1.165) is 16.7 Å². The molecule has 3 aromatic carbocycles. The maximum Gasteiger partial charge on any atom is 0.260 e. The average molecular weight is 743 g/mol. The van der Waals surface area contributed by atoms with Gasteiger partial charge in [0.15, 0.2) is 0 Å². The minimum Gasteiger partial charge on any atom is -0.342 e. The molecule has 3 amide bonds. The largest absolute Gasteiger partial charge is 0.342 e. The highest BCUT2D eigenvalue weighted by Gasteiger charge is 2.41. The molecule has 3 aromatic rings. The Morgan fingerprint density at radius 1 is 0.811 bits per heavy atom. The zero-order valence-corrected chi connectivity index (χ0v) is 34.0. The fraction of sp³-hybridized carbons (Fsp3) is 0.419. The monoisotopic (exact) mass is 742 g/mol. The summed E-state index contributed by atoms with van der Waals surface area (Å²) in [6.07, 6.45) is 5.73. The van der Waals surface area contributed by atoms with Crippen LogP contribution in [0.1, 0.15) is 83.2 Å². The quantitative estimate of drug-likeness (QED) is 0.119. The third kappa shape index (κ3) is 12.0. The molecule has 0 heterocycles. The molecule has 0 aliphatic carbocycles. The minimum absolute atomic E-state index is 0.136. The van der Waals surface area contributed by atoms with Crippen LogP contribution in [0, 0.1) is 18.3 Å². The van der Waals surface area contributed by atoms with Crippen LogP contribution < -0.4 is 15.4 Å². The third-order valence-electron chi connectivity index (χ3n) is 9.58. The predicted molar refractivity (Wildman–Crippen MR) is 216 cm³/mol. The van der Waals surface area contributed by atoms with E-state index >= 15 is 0 Å². The maximum absolute atomic E-state index is 14.3. The number of carbonyl (C=O) groups excluding carboxylic acids is 3.